The fraction of sp³-hybridized carbons (Fsp3) is 0.952. The van der Waals surface area contributed by atoms with Crippen LogP contribution in [0.25, 0.3) is 0 Å². The normalized spacial score (nSPS) is 26.7. The van der Waals surface area contributed by atoms with Crippen LogP contribution in [0.2, 0.25) is 0 Å². The second-order valence-electron chi connectivity index (χ2n) is 8.30. The summed E-state index contributed by atoms with van der Waals surface area (Å²) in [7, 11) is 1.90. The molecule has 3 aliphatic heterocycles. The summed E-state index contributed by atoms with van der Waals surface area (Å²) in [5, 5.41) is 3.60. The van der Waals surface area contributed by atoms with E-state index in [0.29, 0.717) is 12.2 Å². The van der Waals surface area contributed by atoms with Gasteiger partial charge >= 0.3 is 0 Å². The molecule has 1 unspecified atom stereocenters. The number of nitrogens with one attached hydrogen (secondary N) is 1. The number of aliphatic imine (C=N–C) groups is 1. The van der Waals surface area contributed by atoms with E-state index >= 15 is 0 Å². The number of likely N-dealkylation sites (tertiary alicyclic amines) is 2. The number of piperidine rings is 2. The van der Waals surface area contributed by atoms with Gasteiger partial charge in [0.15, 0.2) is 5.96 Å². The van der Waals surface area contributed by atoms with E-state index in [1.165, 1.54) is 45.3 Å². The molecule has 156 valence electrons. The zero-order chi connectivity index (χ0) is 18.9. The largest absolute Gasteiger partial charge is 0.376 e. The highest BCUT2D eigenvalue weighted by atomic mass is 16.5. The molecule has 3 rings (SSSR count). The highest BCUT2D eigenvalue weighted by Crippen LogP contribution is 2.20. The third-order valence-electron chi connectivity index (χ3n) is 6.49. The summed E-state index contributed by atoms with van der Waals surface area (Å²) in [6.45, 7) is 10.8. The highest BCUT2D eigenvalue weighted by Gasteiger charge is 2.24. The van der Waals surface area contributed by atoms with Crippen molar-refractivity contribution >= 4 is 5.96 Å². The molecule has 0 bridgehead atoms. The summed E-state index contributed by atoms with van der Waals surface area (Å²) in [6.07, 6.45) is 9.19. The Morgan fingerprint density at radius 1 is 1.11 bits per heavy atom. The molecular weight excluding hydrogens is 340 g/mol. The molecule has 1 atom stereocenters. The van der Waals surface area contributed by atoms with Crippen molar-refractivity contribution < 1.29 is 9.47 Å². The lowest BCUT2D eigenvalue weighted by Crippen LogP contribution is -2.47. The lowest BCUT2D eigenvalue weighted by molar-refractivity contribution is -0.0367. The van der Waals surface area contributed by atoms with Gasteiger partial charge in [0.05, 0.1) is 18.8 Å². The first-order chi connectivity index (χ1) is 13.3. The summed E-state index contributed by atoms with van der Waals surface area (Å²) < 4.78 is 11.8. The Hall–Kier alpha value is -0.850. The van der Waals surface area contributed by atoms with E-state index in [-0.39, 0.29) is 0 Å². The van der Waals surface area contributed by atoms with Crippen LogP contribution in [0.15, 0.2) is 4.99 Å². The molecular formula is C21H40N4O2. The molecule has 0 aromatic heterocycles. The van der Waals surface area contributed by atoms with Crippen molar-refractivity contribution in [2.75, 3.05) is 59.5 Å². The maximum atomic E-state index is 6.09. The zero-order valence-electron chi connectivity index (χ0n) is 17.5. The Balaban J connectivity index is 1.29. The van der Waals surface area contributed by atoms with Crippen LogP contribution in [0.1, 0.15) is 51.9 Å². The number of hydrogen-bond donors (Lipinski definition) is 1. The number of ether oxygens (including phenoxy) is 2. The summed E-state index contributed by atoms with van der Waals surface area (Å²) in [5.74, 6) is 1.94. The van der Waals surface area contributed by atoms with Crippen molar-refractivity contribution in [3.63, 3.8) is 0 Å². The molecule has 3 heterocycles. The summed E-state index contributed by atoms with van der Waals surface area (Å²) in [6, 6.07) is 0. The standard InChI is InChI=1S/C21H40N4O2/c1-3-24-12-7-18(8-13-24)6-11-23-21(22-2)25-14-9-19(10-15-25)27-17-20-5-4-16-26-20/h18-20H,3-17H2,1-2H3,(H,22,23). The van der Waals surface area contributed by atoms with Crippen molar-refractivity contribution in [1.29, 1.82) is 0 Å². The average molecular weight is 381 g/mol. The van der Waals surface area contributed by atoms with Crippen LogP contribution in [-0.2, 0) is 9.47 Å². The lowest BCUT2D eigenvalue weighted by Gasteiger charge is -2.35. The van der Waals surface area contributed by atoms with Gasteiger partial charge in [0.2, 0.25) is 0 Å². The van der Waals surface area contributed by atoms with Gasteiger partial charge in [0.1, 0.15) is 0 Å². The Kier molecular flexibility index (Phi) is 8.68. The molecule has 0 saturated carbocycles. The monoisotopic (exact) mass is 380 g/mol. The molecule has 6 heteroatoms. The smallest absolute Gasteiger partial charge is 0.193 e. The first-order valence-electron chi connectivity index (χ1n) is 11.2. The third kappa shape index (κ3) is 6.61. The minimum atomic E-state index is 0.335. The van der Waals surface area contributed by atoms with Crippen molar-refractivity contribution in [3.8, 4) is 0 Å². The van der Waals surface area contributed by atoms with Gasteiger partial charge in [0.25, 0.3) is 0 Å². The van der Waals surface area contributed by atoms with E-state index in [9.17, 15) is 0 Å². The van der Waals surface area contributed by atoms with Crippen molar-refractivity contribution in [3.05, 3.63) is 0 Å². The lowest BCUT2D eigenvalue weighted by atomic mass is 9.93. The Bertz CT molecular complexity index is 437. The molecule has 3 saturated heterocycles. The molecule has 6 nitrogen and oxygen atoms in total. The fourth-order valence-electron chi connectivity index (χ4n) is 4.57. The van der Waals surface area contributed by atoms with Gasteiger partial charge in [-0.05, 0) is 70.5 Å². The van der Waals surface area contributed by atoms with Crippen LogP contribution < -0.4 is 5.32 Å². The Labute approximate surface area is 165 Å². The van der Waals surface area contributed by atoms with E-state index in [1.54, 1.807) is 0 Å². The van der Waals surface area contributed by atoms with E-state index in [0.717, 1.165) is 64.0 Å². The molecule has 0 amide bonds. The van der Waals surface area contributed by atoms with Crippen LogP contribution in [0, 0.1) is 5.92 Å². The van der Waals surface area contributed by atoms with Crippen LogP contribution in [-0.4, -0.2) is 87.5 Å². The highest BCUT2D eigenvalue weighted by molar-refractivity contribution is 5.79. The van der Waals surface area contributed by atoms with Gasteiger partial charge in [-0.1, -0.05) is 6.92 Å². The van der Waals surface area contributed by atoms with Gasteiger partial charge < -0.3 is 24.6 Å². The van der Waals surface area contributed by atoms with Crippen LogP contribution >= 0.6 is 0 Å². The molecule has 3 aliphatic rings. The van der Waals surface area contributed by atoms with E-state index in [1.807, 2.05) is 7.05 Å². The Morgan fingerprint density at radius 3 is 2.52 bits per heavy atom. The van der Waals surface area contributed by atoms with Gasteiger partial charge in [-0.3, -0.25) is 4.99 Å². The van der Waals surface area contributed by atoms with Gasteiger partial charge in [-0.15, -0.1) is 0 Å². The predicted molar refractivity (Wildman–Crippen MR) is 110 cm³/mol. The van der Waals surface area contributed by atoms with Crippen LogP contribution in [0.4, 0.5) is 0 Å². The first-order valence-corrected chi connectivity index (χ1v) is 11.2. The molecule has 0 aliphatic carbocycles. The number of rotatable bonds is 7. The van der Waals surface area contributed by atoms with Crippen molar-refractivity contribution in [1.82, 2.24) is 15.1 Å². The molecule has 0 radical (unpaired) electrons. The van der Waals surface area contributed by atoms with Gasteiger partial charge in [0, 0.05) is 33.3 Å². The first kappa shape index (κ1) is 20.9. The maximum absolute atomic E-state index is 6.09. The topological polar surface area (TPSA) is 49.3 Å². The summed E-state index contributed by atoms with van der Waals surface area (Å²) in [5.41, 5.74) is 0. The maximum Gasteiger partial charge on any atom is 0.193 e. The number of guanidine groups is 1. The predicted octanol–water partition coefficient (Wildman–Crippen LogP) is 2.34. The van der Waals surface area contributed by atoms with Crippen LogP contribution in [0.5, 0.6) is 0 Å². The minimum Gasteiger partial charge on any atom is -0.376 e. The van der Waals surface area contributed by atoms with Crippen molar-refractivity contribution in [2.45, 2.75) is 64.1 Å². The zero-order valence-corrected chi connectivity index (χ0v) is 17.5. The summed E-state index contributed by atoms with van der Waals surface area (Å²) >= 11 is 0. The molecule has 0 spiro atoms. The fourth-order valence-corrected chi connectivity index (χ4v) is 4.57. The molecule has 0 aromatic carbocycles. The molecule has 1 N–H and O–H groups in total. The van der Waals surface area contributed by atoms with E-state index in [2.05, 4.69) is 27.0 Å². The molecule has 0 aromatic rings. The second kappa shape index (κ2) is 11.2. The average Bonchev–Trinajstić information content (AvgIpc) is 3.24. The van der Waals surface area contributed by atoms with Crippen molar-refractivity contribution in [2.24, 2.45) is 10.9 Å². The summed E-state index contributed by atoms with van der Waals surface area (Å²) in [4.78, 5) is 9.47. The quantitative estimate of drug-likeness (QED) is 0.543. The van der Waals surface area contributed by atoms with Gasteiger partial charge in [-0.2, -0.15) is 0 Å². The van der Waals surface area contributed by atoms with E-state index < -0.39 is 0 Å². The molecule has 27 heavy (non-hydrogen) atoms. The molecule has 3 fully saturated rings. The van der Waals surface area contributed by atoms with Gasteiger partial charge in [-0.25, -0.2) is 0 Å². The van der Waals surface area contributed by atoms with E-state index in [4.69, 9.17) is 9.47 Å². The van der Waals surface area contributed by atoms with Crippen LogP contribution in [0.3, 0.4) is 0 Å². The minimum absolute atomic E-state index is 0.335. The number of hydrogen-bond acceptors (Lipinski definition) is 4. The second-order valence-corrected chi connectivity index (χ2v) is 8.30. The third-order valence-corrected chi connectivity index (χ3v) is 6.49. The Morgan fingerprint density at radius 2 is 1.89 bits per heavy atom. The SMILES string of the molecule is CCN1CCC(CCNC(=NC)N2CCC(OCC3CCCO3)CC2)CC1. The number of nitrogens with zero attached hydrogens (tertiary/aromatic N) is 3.